The molecule has 12 heteroatoms. The Morgan fingerprint density at radius 1 is 1.15 bits per heavy atom. The smallest absolute Gasteiger partial charge is 0.394 e. The minimum atomic E-state index is -4.81. The molecule has 0 aromatic heterocycles. The van der Waals surface area contributed by atoms with Gasteiger partial charge in [0.2, 0.25) is 5.90 Å². The highest BCUT2D eigenvalue weighted by Crippen LogP contribution is 2.29. The summed E-state index contributed by atoms with van der Waals surface area (Å²) in [6, 6.07) is 9.06. The lowest BCUT2D eigenvalue weighted by atomic mass is 10.0. The molecule has 1 fully saturated rings. The molecule has 1 aromatic carbocycles. The van der Waals surface area contributed by atoms with Gasteiger partial charge in [0.15, 0.2) is 5.44 Å². The number of rotatable bonds is 7. The van der Waals surface area contributed by atoms with E-state index in [1.807, 2.05) is 18.2 Å². The summed E-state index contributed by atoms with van der Waals surface area (Å²) >= 11 is 0.547. The molecule has 1 aliphatic heterocycles. The van der Waals surface area contributed by atoms with Gasteiger partial charge in [0.25, 0.3) is 0 Å². The summed E-state index contributed by atoms with van der Waals surface area (Å²) in [5.74, 6) is -0.344. The van der Waals surface area contributed by atoms with Crippen molar-refractivity contribution in [3.8, 4) is 0 Å². The molecule has 0 amide bonds. The first-order chi connectivity index (χ1) is 12.7. The molecule has 5 atom stereocenters. The molecule has 2 rings (SSSR count). The maximum absolute atomic E-state index is 11.0. The van der Waals surface area contributed by atoms with Crippen molar-refractivity contribution in [3.05, 3.63) is 35.9 Å². The number of nitrogens with zero attached hydrogens (tertiary/aromatic N) is 1. The van der Waals surface area contributed by atoms with Crippen LogP contribution in [0.4, 0.5) is 0 Å². The van der Waals surface area contributed by atoms with E-state index in [0.29, 0.717) is 18.4 Å². The van der Waals surface area contributed by atoms with Crippen molar-refractivity contribution in [3.63, 3.8) is 0 Å². The van der Waals surface area contributed by atoms with Crippen molar-refractivity contribution in [1.82, 2.24) is 0 Å². The predicted octanol–water partition coefficient (Wildman–Crippen LogP) is -0.715. The minimum absolute atomic E-state index is 0.0220. The van der Waals surface area contributed by atoms with Crippen molar-refractivity contribution in [1.29, 1.82) is 0 Å². The average molecular weight is 423 g/mol. The summed E-state index contributed by atoms with van der Waals surface area (Å²) in [6.07, 6.45) is -5.38. The fourth-order valence-corrected chi connectivity index (χ4v) is 3.62. The van der Waals surface area contributed by atoms with Crippen LogP contribution in [0.25, 0.3) is 0 Å². The van der Waals surface area contributed by atoms with Crippen molar-refractivity contribution >= 4 is 28.2 Å². The van der Waals surface area contributed by atoms with E-state index in [2.05, 4.69) is 8.58 Å². The molecule has 0 bridgehead atoms. The van der Waals surface area contributed by atoms with E-state index in [0.717, 1.165) is 5.56 Å². The Morgan fingerprint density at radius 2 is 1.81 bits per heavy atom. The van der Waals surface area contributed by atoms with Gasteiger partial charge in [-0.25, -0.2) is 0 Å². The Kier molecular flexibility index (Phi) is 8.00. The second-order valence-electron chi connectivity index (χ2n) is 5.78. The molecule has 1 aliphatic rings. The SMILES string of the molecule is O=S(=O)(O)OC(CCc1ccccc1)=NS[C@@H]1O[C@H](CO)[C@@H](O)[C@H](O)[C@H]1O. The van der Waals surface area contributed by atoms with Gasteiger partial charge in [-0.1, -0.05) is 30.3 Å². The third-order valence-electron chi connectivity index (χ3n) is 3.78. The number of aryl methyl sites for hydroxylation is 1. The number of ether oxygens (including phenoxy) is 1. The zero-order valence-corrected chi connectivity index (χ0v) is 15.7. The van der Waals surface area contributed by atoms with Crippen LogP contribution < -0.4 is 0 Å². The minimum Gasteiger partial charge on any atom is -0.394 e. The Balaban J connectivity index is 2.08. The summed E-state index contributed by atoms with van der Waals surface area (Å²) in [4.78, 5) is 0. The Morgan fingerprint density at radius 3 is 2.41 bits per heavy atom. The van der Waals surface area contributed by atoms with Gasteiger partial charge in [0, 0.05) is 18.4 Å². The van der Waals surface area contributed by atoms with Gasteiger partial charge in [-0.05, 0) is 12.0 Å². The molecule has 152 valence electrons. The number of benzene rings is 1. The van der Waals surface area contributed by atoms with Gasteiger partial charge < -0.3 is 29.3 Å². The highest BCUT2D eigenvalue weighted by Gasteiger charge is 2.44. The predicted molar refractivity (Wildman–Crippen MR) is 96.2 cm³/mol. The normalized spacial score (nSPS) is 29.5. The topological polar surface area (TPSA) is 166 Å². The summed E-state index contributed by atoms with van der Waals surface area (Å²) in [6.45, 7) is -0.603. The van der Waals surface area contributed by atoms with E-state index < -0.39 is 46.9 Å². The zero-order valence-electron chi connectivity index (χ0n) is 14.0. The van der Waals surface area contributed by atoms with Gasteiger partial charge in [-0.15, -0.1) is 0 Å². The molecule has 1 aromatic rings. The van der Waals surface area contributed by atoms with Crippen LogP contribution in [-0.4, -0.2) is 75.8 Å². The zero-order chi connectivity index (χ0) is 20.0. The molecule has 10 nitrogen and oxygen atoms in total. The molecule has 1 heterocycles. The van der Waals surface area contributed by atoms with E-state index in [-0.39, 0.29) is 12.3 Å². The van der Waals surface area contributed by atoms with Crippen LogP contribution in [-0.2, 0) is 25.7 Å². The molecule has 0 spiro atoms. The van der Waals surface area contributed by atoms with Crippen LogP contribution in [0.15, 0.2) is 34.7 Å². The van der Waals surface area contributed by atoms with Gasteiger partial charge in [0.05, 0.1) is 6.61 Å². The van der Waals surface area contributed by atoms with E-state index >= 15 is 0 Å². The first-order valence-electron chi connectivity index (χ1n) is 7.95. The van der Waals surface area contributed by atoms with E-state index in [1.165, 1.54) is 0 Å². The van der Waals surface area contributed by atoms with Crippen LogP contribution >= 0.6 is 11.9 Å². The molecular formula is C15H21NO9S2. The van der Waals surface area contributed by atoms with Gasteiger partial charge in [-0.3, -0.25) is 4.55 Å². The van der Waals surface area contributed by atoms with Crippen molar-refractivity contribution in [2.75, 3.05) is 6.61 Å². The maximum atomic E-state index is 11.0. The van der Waals surface area contributed by atoms with Crippen molar-refractivity contribution in [2.45, 2.75) is 42.7 Å². The van der Waals surface area contributed by atoms with Crippen LogP contribution in [0.3, 0.4) is 0 Å². The van der Waals surface area contributed by atoms with Crippen LogP contribution in [0.5, 0.6) is 0 Å². The van der Waals surface area contributed by atoms with Gasteiger partial charge in [0.1, 0.15) is 24.4 Å². The second kappa shape index (κ2) is 9.80. The lowest BCUT2D eigenvalue weighted by Gasteiger charge is -2.38. The van der Waals surface area contributed by atoms with Gasteiger partial charge >= 0.3 is 10.4 Å². The number of aliphatic hydroxyl groups excluding tert-OH is 4. The van der Waals surface area contributed by atoms with Crippen LogP contribution in [0.1, 0.15) is 12.0 Å². The fraction of sp³-hybridized carbons (Fsp3) is 0.533. The highest BCUT2D eigenvalue weighted by atomic mass is 32.3. The lowest BCUT2D eigenvalue weighted by molar-refractivity contribution is -0.205. The van der Waals surface area contributed by atoms with Crippen molar-refractivity contribution < 1.29 is 42.3 Å². The monoisotopic (exact) mass is 423 g/mol. The molecule has 5 N–H and O–H groups in total. The largest absolute Gasteiger partial charge is 0.447 e. The molecule has 0 aliphatic carbocycles. The lowest BCUT2D eigenvalue weighted by Crippen LogP contribution is -2.57. The number of hydrogen-bond donors (Lipinski definition) is 5. The molecule has 0 unspecified atom stereocenters. The van der Waals surface area contributed by atoms with E-state index in [9.17, 15) is 23.7 Å². The Hall–Kier alpha value is -1.25. The van der Waals surface area contributed by atoms with Crippen LogP contribution in [0.2, 0.25) is 0 Å². The summed E-state index contributed by atoms with van der Waals surface area (Å²) in [5, 5.41) is 38.6. The third-order valence-corrected chi connectivity index (χ3v) is 5.09. The standard InChI is InChI=1S/C15H21NO9S2/c17-8-10-12(18)13(19)14(20)15(24-10)26-16-11(25-27(21,22)23)7-6-9-4-2-1-3-5-9/h1-5,10,12-15,17-20H,6-8H2,(H,21,22,23)/t10-,12-,13+,14-,15+/m1/s1. The molecular weight excluding hydrogens is 402 g/mol. The Bertz CT molecular complexity index is 726. The highest BCUT2D eigenvalue weighted by molar-refractivity contribution is 7.98. The van der Waals surface area contributed by atoms with Crippen molar-refractivity contribution in [2.24, 2.45) is 4.40 Å². The van der Waals surface area contributed by atoms with E-state index in [4.69, 9.17) is 14.4 Å². The number of aliphatic hydroxyl groups is 4. The van der Waals surface area contributed by atoms with Gasteiger partial charge in [-0.2, -0.15) is 12.8 Å². The van der Waals surface area contributed by atoms with E-state index in [1.54, 1.807) is 12.1 Å². The summed E-state index contributed by atoms with van der Waals surface area (Å²) in [5.41, 5.74) is -0.320. The van der Waals surface area contributed by atoms with Crippen LogP contribution in [0, 0.1) is 0 Å². The molecule has 1 saturated heterocycles. The Labute approximate surface area is 160 Å². The third kappa shape index (κ3) is 6.69. The quantitative estimate of drug-likeness (QED) is 0.163. The first kappa shape index (κ1) is 22.0. The summed E-state index contributed by atoms with van der Waals surface area (Å²) < 4.78 is 44.5. The molecule has 0 radical (unpaired) electrons. The number of hydrogen-bond acceptors (Lipinski definition) is 10. The maximum Gasteiger partial charge on any atom is 0.447 e. The molecule has 0 saturated carbocycles. The molecule has 27 heavy (non-hydrogen) atoms. The fourth-order valence-electron chi connectivity index (χ4n) is 2.39. The first-order valence-corrected chi connectivity index (χ1v) is 10.2. The average Bonchev–Trinajstić information content (AvgIpc) is 2.63. The summed E-state index contributed by atoms with van der Waals surface area (Å²) in [7, 11) is -4.81. The second-order valence-corrected chi connectivity index (χ2v) is 7.66.